The van der Waals surface area contributed by atoms with Gasteiger partial charge in [0.25, 0.3) is 4.70 Å². The predicted octanol–water partition coefficient (Wildman–Crippen LogP) is -1.47. The number of aliphatic hydroxyl groups excluding tert-OH is 2. The minimum absolute atomic E-state index is 0.544. The van der Waals surface area contributed by atoms with Crippen molar-refractivity contribution in [2.24, 2.45) is 0 Å². The van der Waals surface area contributed by atoms with Gasteiger partial charge in [0.05, 0.1) is 6.61 Å². The summed E-state index contributed by atoms with van der Waals surface area (Å²) in [6, 6.07) is 0. The van der Waals surface area contributed by atoms with Crippen LogP contribution in [-0.4, -0.2) is 49.5 Å². The third-order valence-corrected chi connectivity index (χ3v) is 2.74. The number of hydrogen-bond acceptors (Lipinski definition) is 5. The topological polar surface area (TPSA) is 90.2 Å². The average molecular weight is 244 g/mol. The number of aliphatic hydroxyl groups is 4. The van der Waals surface area contributed by atoms with Crippen LogP contribution in [0.15, 0.2) is 0 Å². The number of halogens is 1. The van der Waals surface area contributed by atoms with E-state index in [1.54, 1.807) is 0 Å². The van der Waals surface area contributed by atoms with Gasteiger partial charge in [-0.25, -0.2) is 0 Å². The first kappa shape index (κ1) is 8.86. The lowest BCUT2D eigenvalue weighted by Gasteiger charge is -2.28. The van der Waals surface area contributed by atoms with Crippen LogP contribution >= 0.6 is 15.9 Å². The molecule has 0 saturated carbocycles. The van der Waals surface area contributed by atoms with Gasteiger partial charge < -0.3 is 25.2 Å². The van der Waals surface area contributed by atoms with Crippen LogP contribution in [0.5, 0.6) is 0 Å². The van der Waals surface area contributed by atoms with Gasteiger partial charge in [-0.2, -0.15) is 0 Å². The van der Waals surface area contributed by atoms with Gasteiger partial charge in [0.1, 0.15) is 12.2 Å². The van der Waals surface area contributed by atoms with Gasteiger partial charge in [-0.1, -0.05) is 0 Å². The van der Waals surface area contributed by atoms with E-state index in [0.717, 1.165) is 0 Å². The fourth-order valence-electron chi connectivity index (χ4n) is 0.994. The van der Waals surface area contributed by atoms with Gasteiger partial charge in [0.2, 0.25) is 0 Å². The second-order valence-electron chi connectivity index (χ2n) is 2.77. The Morgan fingerprint density at radius 2 is 2.25 bits per heavy atom. The summed E-state index contributed by atoms with van der Waals surface area (Å²) < 4.78 is 9.52. The van der Waals surface area contributed by atoms with Gasteiger partial charge in [-0.3, -0.25) is 0 Å². The van der Waals surface area contributed by atoms with Crippen molar-refractivity contribution < 1.29 is 26.5 Å². The van der Waals surface area contributed by atoms with E-state index in [4.69, 9.17) is 11.2 Å². The first-order chi connectivity index (χ1) is 5.89. The average Bonchev–Trinajstić information content (AvgIpc) is 2.26. The molecule has 0 spiro atoms. The molecule has 1 aliphatic rings. The summed E-state index contributed by atoms with van der Waals surface area (Å²) in [5, 5.41) is 37.2. The summed E-state index contributed by atoms with van der Waals surface area (Å²) in [6.45, 7) is -1.19. The van der Waals surface area contributed by atoms with Crippen LogP contribution in [0, 0.1) is 0 Å². The Bertz CT molecular complexity index is 201. The van der Waals surface area contributed by atoms with Crippen molar-refractivity contribution in [3.8, 4) is 0 Å². The van der Waals surface area contributed by atoms with Crippen LogP contribution in [0.25, 0.3) is 0 Å². The molecule has 1 unspecified atom stereocenters. The summed E-state index contributed by atoms with van der Waals surface area (Å²) in [5.41, 5.74) is -2.12. The Kier molecular flexibility index (Phi) is 2.14. The fourth-order valence-corrected chi connectivity index (χ4v) is 1.47. The smallest absolute Gasteiger partial charge is 0.256 e. The summed E-state index contributed by atoms with van der Waals surface area (Å²) in [5.74, 6) is 0. The van der Waals surface area contributed by atoms with Crippen LogP contribution in [0.3, 0.4) is 0 Å². The summed E-state index contributed by atoms with van der Waals surface area (Å²) in [6.07, 6.45) is -2.60. The second-order valence-corrected chi connectivity index (χ2v) is 3.84. The van der Waals surface area contributed by atoms with Crippen LogP contribution in [0.2, 0.25) is 0 Å². The Morgan fingerprint density at radius 3 is 2.50 bits per heavy atom. The van der Waals surface area contributed by atoms with Crippen LogP contribution < -0.4 is 0 Å². The molecule has 0 aromatic heterocycles. The highest BCUT2D eigenvalue weighted by Gasteiger charge is 2.60. The Morgan fingerprint density at radius 1 is 1.67 bits per heavy atom. The van der Waals surface area contributed by atoms with E-state index < -0.39 is 36.0 Å². The Balaban J connectivity index is 2.94. The van der Waals surface area contributed by atoms with Crippen molar-refractivity contribution >= 4 is 15.9 Å². The van der Waals surface area contributed by atoms with Crippen LogP contribution in [0.1, 0.15) is 8.27 Å². The van der Waals surface area contributed by atoms with E-state index in [-0.39, 0.29) is 0 Å². The highest BCUT2D eigenvalue weighted by atomic mass is 79.9. The molecule has 72 valence electrons. The molecule has 0 bridgehead atoms. The molecule has 1 aliphatic heterocycles. The monoisotopic (exact) mass is 243 g/mol. The molecule has 0 amide bonds. The van der Waals surface area contributed by atoms with E-state index in [1.807, 2.05) is 0 Å². The molecular formula is C6H11BrO5. The van der Waals surface area contributed by atoms with Gasteiger partial charge in [-0.05, 0) is 22.8 Å². The standard InChI is InChI=1S/C6H11BrO5/c1-5(10)4(9)3(2-8)12-6(5,7)11/h3-4,8-11H,2H2,1H3/t3-,4-,5-,6?/m1/s1/i1D. The van der Waals surface area contributed by atoms with Crippen LogP contribution in [0.4, 0.5) is 0 Å². The third kappa shape index (κ3) is 1.28. The largest absolute Gasteiger partial charge is 0.394 e. The Hall–Kier alpha value is 0.280. The number of ether oxygens (including phenoxy) is 1. The van der Waals surface area contributed by atoms with Crippen molar-refractivity contribution in [3.05, 3.63) is 0 Å². The SMILES string of the molecule is [2H]C[C@@]1(O)[C@H](O)[C@@H](CO)OC1(O)Br. The zero-order valence-electron chi connectivity index (χ0n) is 7.14. The molecule has 4 atom stereocenters. The maximum absolute atomic E-state index is 9.63. The lowest BCUT2D eigenvalue weighted by Crippen LogP contribution is -2.50. The molecule has 1 heterocycles. The molecule has 4 N–H and O–H groups in total. The van der Waals surface area contributed by atoms with E-state index in [0.29, 0.717) is 0 Å². The highest BCUT2D eigenvalue weighted by Crippen LogP contribution is 2.41. The van der Waals surface area contributed by atoms with E-state index >= 15 is 0 Å². The first-order valence-electron chi connectivity index (χ1n) is 3.99. The summed E-state index contributed by atoms with van der Waals surface area (Å²) in [4.78, 5) is 0. The molecule has 1 saturated heterocycles. The molecule has 0 radical (unpaired) electrons. The quantitative estimate of drug-likeness (QED) is 0.423. The molecular weight excluding hydrogens is 232 g/mol. The van der Waals surface area contributed by atoms with Crippen molar-refractivity contribution in [1.29, 1.82) is 0 Å². The summed E-state index contributed by atoms with van der Waals surface area (Å²) in [7, 11) is 0. The highest BCUT2D eigenvalue weighted by molar-refractivity contribution is 9.10. The maximum atomic E-state index is 9.63. The predicted molar refractivity (Wildman–Crippen MR) is 42.5 cm³/mol. The van der Waals surface area contributed by atoms with E-state index in [2.05, 4.69) is 15.9 Å². The first-order valence-corrected chi connectivity index (χ1v) is 4.08. The Labute approximate surface area is 79.1 Å². The number of alkyl halides is 1. The molecule has 12 heavy (non-hydrogen) atoms. The van der Waals surface area contributed by atoms with Gasteiger partial charge in [0, 0.05) is 1.37 Å². The minimum atomic E-state index is -2.19. The van der Waals surface area contributed by atoms with Crippen molar-refractivity contribution in [3.63, 3.8) is 0 Å². The zero-order chi connectivity index (χ0) is 10.3. The van der Waals surface area contributed by atoms with Crippen LogP contribution in [-0.2, 0) is 4.74 Å². The van der Waals surface area contributed by atoms with Gasteiger partial charge in [-0.15, -0.1) is 0 Å². The molecule has 1 fully saturated rings. The molecule has 0 aromatic carbocycles. The van der Waals surface area contributed by atoms with Gasteiger partial charge >= 0.3 is 0 Å². The van der Waals surface area contributed by atoms with Crippen molar-refractivity contribution in [2.45, 2.75) is 29.4 Å². The molecule has 6 heteroatoms. The second kappa shape index (κ2) is 2.90. The lowest BCUT2D eigenvalue weighted by atomic mass is 9.98. The summed E-state index contributed by atoms with van der Waals surface area (Å²) >= 11 is 2.64. The molecule has 0 aliphatic carbocycles. The fraction of sp³-hybridized carbons (Fsp3) is 1.00. The normalized spacial score (nSPS) is 55.6. The maximum Gasteiger partial charge on any atom is 0.256 e. The third-order valence-electron chi connectivity index (χ3n) is 1.86. The molecule has 1 rings (SSSR count). The van der Waals surface area contributed by atoms with E-state index in [1.165, 1.54) is 0 Å². The minimum Gasteiger partial charge on any atom is -0.394 e. The number of rotatable bonds is 1. The molecule has 5 nitrogen and oxygen atoms in total. The number of hydrogen-bond donors (Lipinski definition) is 4. The van der Waals surface area contributed by atoms with Crippen molar-refractivity contribution in [2.75, 3.05) is 6.61 Å². The molecule has 0 aromatic rings. The van der Waals surface area contributed by atoms with E-state index in [9.17, 15) is 15.3 Å². The van der Waals surface area contributed by atoms with Gasteiger partial charge in [0.15, 0.2) is 5.60 Å². The zero-order valence-corrected chi connectivity index (χ0v) is 7.73. The lowest BCUT2D eigenvalue weighted by molar-refractivity contribution is -0.192. The van der Waals surface area contributed by atoms with Crippen molar-refractivity contribution in [1.82, 2.24) is 0 Å².